The maximum atomic E-state index is 9.27. The normalized spacial score (nSPS) is 12.8. The van der Waals surface area contributed by atoms with Gasteiger partial charge in [-0.2, -0.15) is 0 Å². The molecule has 4 nitrogen and oxygen atoms in total. The number of rotatable bonds is 3. The first kappa shape index (κ1) is 15.2. The molecule has 0 radical (unpaired) electrons. The second kappa shape index (κ2) is 4.95. The lowest BCUT2D eigenvalue weighted by atomic mass is 9.87. The van der Waals surface area contributed by atoms with E-state index in [0.717, 1.165) is 16.7 Å². The van der Waals surface area contributed by atoms with Gasteiger partial charge >= 0.3 is 7.12 Å². The van der Waals surface area contributed by atoms with E-state index < -0.39 is 15.4 Å². The van der Waals surface area contributed by atoms with E-state index in [1.54, 1.807) is 6.07 Å². The molecule has 0 aliphatic heterocycles. The van der Waals surface area contributed by atoms with Crippen molar-refractivity contribution in [1.82, 2.24) is 4.98 Å². The van der Waals surface area contributed by atoms with E-state index in [0.29, 0.717) is 5.59 Å². The summed E-state index contributed by atoms with van der Waals surface area (Å²) in [6.07, 6.45) is 0. The van der Waals surface area contributed by atoms with Crippen LogP contribution in [0.15, 0.2) is 24.3 Å². The summed E-state index contributed by atoms with van der Waals surface area (Å²) in [4.78, 5) is 3.03. The van der Waals surface area contributed by atoms with E-state index in [1.165, 1.54) is 0 Å². The van der Waals surface area contributed by atoms with Crippen LogP contribution in [-0.4, -0.2) is 30.5 Å². The van der Waals surface area contributed by atoms with Crippen LogP contribution in [0.3, 0.4) is 0 Å². The summed E-state index contributed by atoms with van der Waals surface area (Å²) in [6.45, 7) is 11.0. The Morgan fingerprint density at radius 1 is 1.20 bits per heavy atom. The van der Waals surface area contributed by atoms with Crippen molar-refractivity contribution in [3.05, 3.63) is 24.3 Å². The number of para-hydroxylation sites is 1. The van der Waals surface area contributed by atoms with Gasteiger partial charge in [-0.25, -0.2) is 0 Å². The predicted molar refractivity (Wildman–Crippen MR) is 85.9 cm³/mol. The molecule has 0 aliphatic rings. The lowest BCUT2D eigenvalue weighted by molar-refractivity contribution is 0.424. The summed E-state index contributed by atoms with van der Waals surface area (Å²) in [6, 6.07) is 7.51. The largest absolute Gasteiger partial charge is 0.542 e. The molecule has 1 aromatic heterocycles. The van der Waals surface area contributed by atoms with E-state index in [9.17, 15) is 10.0 Å². The number of H-pyrrole nitrogens is 1. The number of aromatic amines is 1. The highest BCUT2D eigenvalue weighted by atomic mass is 28.4. The Bertz CT molecular complexity index is 616. The Morgan fingerprint density at radius 3 is 2.40 bits per heavy atom. The second-order valence-corrected chi connectivity index (χ2v) is 11.4. The van der Waals surface area contributed by atoms with Crippen LogP contribution in [0.5, 0.6) is 5.75 Å². The van der Waals surface area contributed by atoms with Gasteiger partial charge in [-0.1, -0.05) is 32.9 Å². The monoisotopic (exact) mass is 291 g/mol. The van der Waals surface area contributed by atoms with Crippen LogP contribution in [0.1, 0.15) is 20.8 Å². The fourth-order valence-corrected chi connectivity index (χ4v) is 2.83. The third-order valence-electron chi connectivity index (χ3n) is 4.09. The minimum Gasteiger partial charge on any atom is -0.542 e. The van der Waals surface area contributed by atoms with E-state index >= 15 is 0 Å². The van der Waals surface area contributed by atoms with Crippen molar-refractivity contribution in [2.75, 3.05) is 0 Å². The molecule has 2 rings (SSSR count). The number of nitrogens with one attached hydrogen (secondary N) is 1. The van der Waals surface area contributed by atoms with Gasteiger partial charge in [0.15, 0.2) is 0 Å². The average molecular weight is 291 g/mol. The quantitative estimate of drug-likeness (QED) is 0.760. The molecule has 20 heavy (non-hydrogen) atoms. The van der Waals surface area contributed by atoms with Crippen molar-refractivity contribution in [2.45, 2.75) is 38.9 Å². The van der Waals surface area contributed by atoms with Gasteiger partial charge in [0.2, 0.25) is 0 Å². The van der Waals surface area contributed by atoms with Crippen LogP contribution in [0.2, 0.25) is 18.1 Å². The van der Waals surface area contributed by atoms with E-state index in [1.807, 2.05) is 18.2 Å². The maximum Gasteiger partial charge on any atom is 0.505 e. The summed E-state index contributed by atoms with van der Waals surface area (Å²) in [5.74, 6) is 0.779. The molecule has 3 N–H and O–H groups in total. The summed E-state index contributed by atoms with van der Waals surface area (Å²) >= 11 is 0. The first-order valence-corrected chi connectivity index (χ1v) is 9.69. The number of fused-ring (bicyclic) bond motifs is 1. The summed E-state index contributed by atoms with van der Waals surface area (Å²) in [5.41, 5.74) is 1.20. The number of aromatic nitrogens is 1. The predicted octanol–water partition coefficient (Wildman–Crippen LogP) is 2.23. The molecule has 0 saturated heterocycles. The van der Waals surface area contributed by atoms with Crippen molar-refractivity contribution in [3.8, 4) is 5.75 Å². The van der Waals surface area contributed by atoms with Crippen molar-refractivity contribution in [3.63, 3.8) is 0 Å². The minimum absolute atomic E-state index is 0.112. The standard InChI is InChI=1S/C14H22BNO3Si/c1-14(2,3)20(4,5)19-11-8-6-7-10-9-12(15(17)18)16-13(10)11/h6-9,16-18H,1-5H3. The summed E-state index contributed by atoms with van der Waals surface area (Å²) in [7, 11) is -3.42. The molecule has 1 aromatic carbocycles. The molecule has 2 aromatic rings. The smallest absolute Gasteiger partial charge is 0.505 e. The maximum absolute atomic E-state index is 9.27. The topological polar surface area (TPSA) is 65.5 Å². The van der Waals surface area contributed by atoms with E-state index in [4.69, 9.17) is 4.43 Å². The van der Waals surface area contributed by atoms with Crippen LogP contribution in [0.4, 0.5) is 0 Å². The molecule has 0 saturated carbocycles. The minimum atomic E-state index is -1.93. The Hall–Kier alpha value is -1.24. The Morgan fingerprint density at radius 2 is 1.85 bits per heavy atom. The third-order valence-corrected chi connectivity index (χ3v) is 8.43. The molecule has 108 valence electrons. The average Bonchev–Trinajstić information content (AvgIpc) is 2.72. The molecule has 0 amide bonds. The molecular formula is C14H22BNO3Si. The van der Waals surface area contributed by atoms with Gasteiger partial charge < -0.3 is 19.5 Å². The summed E-state index contributed by atoms with van der Waals surface area (Å²) in [5, 5.41) is 19.6. The van der Waals surface area contributed by atoms with Gasteiger partial charge in [0.25, 0.3) is 8.32 Å². The zero-order valence-corrected chi connectivity index (χ0v) is 13.7. The molecule has 0 unspecified atom stereocenters. The SMILES string of the molecule is CC(C)(C)[Si](C)(C)Oc1cccc2cc(B(O)O)[nH]c12. The van der Waals surface area contributed by atoms with Gasteiger partial charge in [-0.3, -0.25) is 0 Å². The van der Waals surface area contributed by atoms with Crippen molar-refractivity contribution in [2.24, 2.45) is 0 Å². The van der Waals surface area contributed by atoms with Gasteiger partial charge in [0.05, 0.1) is 5.52 Å². The van der Waals surface area contributed by atoms with E-state index in [2.05, 4.69) is 38.8 Å². The lowest BCUT2D eigenvalue weighted by Gasteiger charge is -2.36. The van der Waals surface area contributed by atoms with E-state index in [-0.39, 0.29) is 5.04 Å². The van der Waals surface area contributed by atoms with Crippen LogP contribution in [-0.2, 0) is 0 Å². The Labute approximate surface area is 121 Å². The number of hydrogen-bond acceptors (Lipinski definition) is 3. The van der Waals surface area contributed by atoms with Crippen LogP contribution >= 0.6 is 0 Å². The number of hydrogen-bond donors (Lipinski definition) is 3. The highest BCUT2D eigenvalue weighted by Gasteiger charge is 2.39. The molecule has 1 heterocycles. The fourth-order valence-electron chi connectivity index (χ4n) is 1.80. The van der Waals surface area contributed by atoms with Crippen molar-refractivity contribution >= 4 is 31.9 Å². The highest BCUT2D eigenvalue weighted by Crippen LogP contribution is 2.38. The van der Waals surface area contributed by atoms with Gasteiger partial charge in [0.1, 0.15) is 5.75 Å². The third kappa shape index (κ3) is 2.77. The van der Waals surface area contributed by atoms with Crippen LogP contribution < -0.4 is 10.0 Å². The van der Waals surface area contributed by atoms with Crippen molar-refractivity contribution < 1.29 is 14.5 Å². The molecule has 6 heteroatoms. The summed E-state index contributed by atoms with van der Waals surface area (Å²) < 4.78 is 6.32. The molecule has 0 fully saturated rings. The van der Waals surface area contributed by atoms with Gasteiger partial charge in [0, 0.05) is 11.0 Å². The lowest BCUT2D eigenvalue weighted by Crippen LogP contribution is -2.43. The Balaban J connectivity index is 2.45. The zero-order chi connectivity index (χ0) is 15.1. The van der Waals surface area contributed by atoms with Crippen LogP contribution in [0, 0.1) is 0 Å². The van der Waals surface area contributed by atoms with Crippen molar-refractivity contribution in [1.29, 1.82) is 0 Å². The zero-order valence-electron chi connectivity index (χ0n) is 12.7. The first-order chi connectivity index (χ1) is 9.12. The van der Waals surface area contributed by atoms with Gasteiger partial charge in [-0.15, -0.1) is 0 Å². The molecule has 0 bridgehead atoms. The number of benzene rings is 1. The molecule has 0 spiro atoms. The first-order valence-electron chi connectivity index (χ1n) is 6.78. The molecular weight excluding hydrogens is 269 g/mol. The molecule has 0 aliphatic carbocycles. The molecule has 0 atom stereocenters. The highest BCUT2D eigenvalue weighted by molar-refractivity contribution is 6.74. The second-order valence-electron chi connectivity index (χ2n) is 6.68. The fraction of sp³-hybridized carbons (Fsp3) is 0.429. The van der Waals surface area contributed by atoms with Crippen LogP contribution in [0.25, 0.3) is 10.9 Å². The Kier molecular flexibility index (Phi) is 3.75. The van der Waals surface area contributed by atoms with Gasteiger partial charge in [-0.05, 0) is 30.3 Å².